The summed E-state index contributed by atoms with van der Waals surface area (Å²) < 4.78 is 16.9. The van der Waals surface area contributed by atoms with E-state index in [1.807, 2.05) is 50.2 Å². The predicted octanol–water partition coefficient (Wildman–Crippen LogP) is 6.65. The molecule has 3 aromatic carbocycles. The zero-order valence-electron chi connectivity index (χ0n) is 19.7. The molecule has 0 aliphatic rings. The van der Waals surface area contributed by atoms with Gasteiger partial charge in [0, 0.05) is 16.7 Å². The van der Waals surface area contributed by atoms with Crippen LogP contribution in [0.1, 0.15) is 44.3 Å². The molecule has 5 heteroatoms. The molecule has 0 aliphatic heterocycles. The second kappa shape index (κ2) is 9.79. The van der Waals surface area contributed by atoms with Crippen molar-refractivity contribution in [2.45, 2.75) is 20.8 Å². The number of rotatable bonds is 7. The molecule has 0 saturated carbocycles. The standard InChI is InChI=1S/C29H26O5/c1-5-33-29(31)25-24(26(30)20-10-6-18(2)7-11-20)27(21-12-8-19(3)9-13-21)34-28(25)22-14-16-23(32-4)17-15-22/h6-17H,5H2,1-4H3. The molecule has 0 N–H and O–H groups in total. The maximum Gasteiger partial charge on any atom is 0.342 e. The first kappa shape index (κ1) is 23.1. The van der Waals surface area contributed by atoms with Crippen molar-refractivity contribution in [3.8, 4) is 28.4 Å². The Hall–Kier alpha value is -4.12. The van der Waals surface area contributed by atoms with Crippen molar-refractivity contribution in [1.29, 1.82) is 0 Å². The summed E-state index contributed by atoms with van der Waals surface area (Å²) in [5, 5.41) is 0. The number of furan rings is 1. The molecule has 34 heavy (non-hydrogen) atoms. The Morgan fingerprint density at radius 2 is 1.24 bits per heavy atom. The Morgan fingerprint density at radius 3 is 1.76 bits per heavy atom. The van der Waals surface area contributed by atoms with Crippen LogP contribution < -0.4 is 4.74 Å². The van der Waals surface area contributed by atoms with Gasteiger partial charge in [-0.1, -0.05) is 59.7 Å². The van der Waals surface area contributed by atoms with E-state index in [9.17, 15) is 9.59 Å². The lowest BCUT2D eigenvalue weighted by Gasteiger charge is -2.07. The minimum atomic E-state index is -0.606. The fraction of sp³-hybridized carbons (Fsp3) is 0.172. The van der Waals surface area contributed by atoms with Gasteiger partial charge in [-0.15, -0.1) is 0 Å². The average molecular weight is 455 g/mol. The largest absolute Gasteiger partial charge is 0.497 e. The molecule has 0 aliphatic carbocycles. The molecule has 0 atom stereocenters. The van der Waals surface area contributed by atoms with E-state index in [0.717, 1.165) is 11.1 Å². The van der Waals surface area contributed by atoms with Crippen molar-refractivity contribution in [3.63, 3.8) is 0 Å². The van der Waals surface area contributed by atoms with Crippen LogP contribution in [0.15, 0.2) is 77.2 Å². The molecule has 0 amide bonds. The lowest BCUT2D eigenvalue weighted by Crippen LogP contribution is -2.12. The second-order valence-electron chi connectivity index (χ2n) is 8.02. The van der Waals surface area contributed by atoms with E-state index in [1.165, 1.54) is 0 Å². The van der Waals surface area contributed by atoms with Crippen LogP contribution in [0.3, 0.4) is 0 Å². The highest BCUT2D eigenvalue weighted by Gasteiger charge is 2.33. The van der Waals surface area contributed by atoms with Crippen molar-refractivity contribution >= 4 is 11.8 Å². The van der Waals surface area contributed by atoms with E-state index in [2.05, 4.69) is 0 Å². The molecule has 5 nitrogen and oxygen atoms in total. The van der Waals surface area contributed by atoms with Gasteiger partial charge in [0.25, 0.3) is 0 Å². The summed E-state index contributed by atoms with van der Waals surface area (Å²) in [6.45, 7) is 5.84. The summed E-state index contributed by atoms with van der Waals surface area (Å²) in [6.07, 6.45) is 0. The first-order chi connectivity index (χ1) is 16.4. The van der Waals surface area contributed by atoms with Crippen molar-refractivity contribution in [1.82, 2.24) is 0 Å². The molecule has 1 heterocycles. The molecule has 4 aromatic rings. The van der Waals surface area contributed by atoms with Crippen LogP contribution in [0.2, 0.25) is 0 Å². The number of ether oxygens (including phenoxy) is 2. The quantitative estimate of drug-likeness (QED) is 0.231. The summed E-state index contributed by atoms with van der Waals surface area (Å²) in [5.41, 5.74) is 4.22. The molecule has 4 rings (SSSR count). The van der Waals surface area contributed by atoms with Gasteiger partial charge in [0.2, 0.25) is 0 Å². The number of benzene rings is 3. The second-order valence-corrected chi connectivity index (χ2v) is 8.02. The van der Waals surface area contributed by atoms with E-state index in [4.69, 9.17) is 13.9 Å². The maximum absolute atomic E-state index is 13.8. The van der Waals surface area contributed by atoms with Crippen LogP contribution in [0.4, 0.5) is 0 Å². The number of methoxy groups -OCH3 is 1. The zero-order valence-corrected chi connectivity index (χ0v) is 19.7. The van der Waals surface area contributed by atoms with E-state index in [1.54, 1.807) is 50.4 Å². The van der Waals surface area contributed by atoms with Gasteiger partial charge in [0.15, 0.2) is 5.78 Å². The van der Waals surface area contributed by atoms with Gasteiger partial charge in [-0.2, -0.15) is 0 Å². The van der Waals surface area contributed by atoms with Crippen LogP contribution in [-0.4, -0.2) is 25.5 Å². The van der Waals surface area contributed by atoms with E-state index in [0.29, 0.717) is 28.2 Å². The average Bonchev–Trinajstić information content (AvgIpc) is 3.25. The van der Waals surface area contributed by atoms with Gasteiger partial charge in [0.05, 0.1) is 19.3 Å². The molecule has 1 aromatic heterocycles. The van der Waals surface area contributed by atoms with Crippen LogP contribution in [-0.2, 0) is 4.74 Å². The van der Waals surface area contributed by atoms with Crippen LogP contribution >= 0.6 is 0 Å². The fourth-order valence-electron chi connectivity index (χ4n) is 3.75. The summed E-state index contributed by atoms with van der Waals surface area (Å²) in [7, 11) is 1.58. The molecule has 172 valence electrons. The van der Waals surface area contributed by atoms with Gasteiger partial charge in [-0.05, 0) is 45.0 Å². The number of esters is 1. The van der Waals surface area contributed by atoms with Crippen LogP contribution in [0.25, 0.3) is 22.6 Å². The highest BCUT2D eigenvalue weighted by atomic mass is 16.5. The maximum atomic E-state index is 13.8. The fourth-order valence-corrected chi connectivity index (χ4v) is 3.75. The van der Waals surface area contributed by atoms with Crippen LogP contribution in [0.5, 0.6) is 5.75 Å². The van der Waals surface area contributed by atoms with Crippen molar-refractivity contribution < 1.29 is 23.5 Å². The molecular weight excluding hydrogens is 428 g/mol. The number of ketones is 1. The summed E-state index contributed by atoms with van der Waals surface area (Å²) in [4.78, 5) is 27.0. The normalized spacial score (nSPS) is 10.7. The summed E-state index contributed by atoms with van der Waals surface area (Å²) in [5.74, 6) is 0.377. The van der Waals surface area contributed by atoms with Gasteiger partial charge in [-0.25, -0.2) is 4.79 Å². The molecule has 0 fully saturated rings. The van der Waals surface area contributed by atoms with Gasteiger partial charge in [-0.3, -0.25) is 4.79 Å². The number of carbonyl (C=O) groups excluding carboxylic acids is 2. The Balaban J connectivity index is 2.00. The number of hydrogen-bond donors (Lipinski definition) is 0. The first-order valence-corrected chi connectivity index (χ1v) is 11.1. The molecule has 0 bridgehead atoms. The van der Waals surface area contributed by atoms with Crippen molar-refractivity contribution in [3.05, 3.63) is 101 Å². The third kappa shape index (κ3) is 4.50. The molecule has 0 spiro atoms. The topological polar surface area (TPSA) is 65.7 Å². The minimum absolute atomic E-state index is 0.119. The Kier molecular flexibility index (Phi) is 6.64. The summed E-state index contributed by atoms with van der Waals surface area (Å²) in [6, 6.07) is 22.0. The highest BCUT2D eigenvalue weighted by Crippen LogP contribution is 2.39. The van der Waals surface area contributed by atoms with E-state index < -0.39 is 5.97 Å². The number of aryl methyl sites for hydroxylation is 2. The highest BCUT2D eigenvalue weighted by molar-refractivity contribution is 6.19. The molecular formula is C29H26O5. The van der Waals surface area contributed by atoms with Crippen LogP contribution in [0, 0.1) is 13.8 Å². The predicted molar refractivity (Wildman–Crippen MR) is 131 cm³/mol. The first-order valence-electron chi connectivity index (χ1n) is 11.1. The Morgan fingerprint density at radius 1 is 0.735 bits per heavy atom. The lowest BCUT2D eigenvalue weighted by atomic mass is 9.94. The summed E-state index contributed by atoms with van der Waals surface area (Å²) >= 11 is 0. The minimum Gasteiger partial charge on any atom is -0.497 e. The monoisotopic (exact) mass is 454 g/mol. The molecule has 0 saturated heterocycles. The smallest absolute Gasteiger partial charge is 0.342 e. The van der Waals surface area contributed by atoms with Crippen molar-refractivity contribution in [2.75, 3.05) is 13.7 Å². The SMILES string of the molecule is CCOC(=O)c1c(-c2ccc(OC)cc2)oc(-c2ccc(C)cc2)c1C(=O)c1ccc(C)cc1. The Labute approximate surface area is 199 Å². The van der Waals surface area contributed by atoms with E-state index >= 15 is 0 Å². The molecule has 0 radical (unpaired) electrons. The number of carbonyl (C=O) groups is 2. The van der Waals surface area contributed by atoms with Crippen molar-refractivity contribution in [2.24, 2.45) is 0 Å². The van der Waals surface area contributed by atoms with Gasteiger partial charge < -0.3 is 13.9 Å². The third-order valence-electron chi connectivity index (χ3n) is 5.59. The molecule has 0 unspecified atom stereocenters. The Bertz CT molecular complexity index is 1310. The lowest BCUT2D eigenvalue weighted by molar-refractivity contribution is 0.0524. The number of hydrogen-bond acceptors (Lipinski definition) is 5. The van der Waals surface area contributed by atoms with E-state index in [-0.39, 0.29) is 29.3 Å². The van der Waals surface area contributed by atoms with Gasteiger partial charge in [0.1, 0.15) is 22.8 Å². The third-order valence-corrected chi connectivity index (χ3v) is 5.59. The van der Waals surface area contributed by atoms with Gasteiger partial charge >= 0.3 is 5.97 Å². The zero-order chi connectivity index (χ0) is 24.2.